The summed E-state index contributed by atoms with van der Waals surface area (Å²) >= 11 is 0. The van der Waals surface area contributed by atoms with Crippen LogP contribution in [0.1, 0.15) is 24.0 Å². The Hall–Kier alpha value is -1.89. The third kappa shape index (κ3) is 3.95. The van der Waals surface area contributed by atoms with Gasteiger partial charge in [0.25, 0.3) is 0 Å². The van der Waals surface area contributed by atoms with Crippen LogP contribution in [0.4, 0.5) is 0 Å². The highest BCUT2D eigenvalue weighted by molar-refractivity contribution is 5.37. The van der Waals surface area contributed by atoms with Crippen LogP contribution in [0.3, 0.4) is 0 Å². The first-order chi connectivity index (χ1) is 11.6. The van der Waals surface area contributed by atoms with Gasteiger partial charge in [-0.15, -0.1) is 0 Å². The van der Waals surface area contributed by atoms with Gasteiger partial charge in [-0.2, -0.15) is 5.10 Å². The number of hydrogen-bond acceptors (Lipinski definition) is 5. The lowest BCUT2D eigenvalue weighted by Crippen LogP contribution is -2.46. The number of aliphatic hydroxyl groups is 2. The molecule has 130 valence electrons. The van der Waals surface area contributed by atoms with E-state index in [2.05, 4.69) is 22.1 Å². The Morgan fingerprint density at radius 2 is 2.04 bits per heavy atom. The zero-order chi connectivity index (χ0) is 17.0. The van der Waals surface area contributed by atoms with Gasteiger partial charge in [-0.1, -0.05) is 6.07 Å². The zero-order valence-corrected chi connectivity index (χ0v) is 14.1. The number of nitrogens with zero attached hydrogens (tertiary/aromatic N) is 3. The summed E-state index contributed by atoms with van der Waals surface area (Å²) in [6, 6.07) is 8.15. The van der Waals surface area contributed by atoms with E-state index in [1.807, 2.05) is 23.0 Å². The maximum Gasteiger partial charge on any atom is 0.123 e. The molecule has 2 aromatic rings. The molecule has 0 atom stereocenters. The van der Waals surface area contributed by atoms with Gasteiger partial charge in [0.05, 0.1) is 25.9 Å². The highest BCUT2D eigenvalue weighted by Crippen LogP contribution is 2.25. The van der Waals surface area contributed by atoms with E-state index in [1.54, 1.807) is 13.3 Å². The number of hydrogen-bond donors (Lipinski definition) is 2. The van der Waals surface area contributed by atoms with E-state index in [-0.39, 0.29) is 6.61 Å². The first-order valence-corrected chi connectivity index (χ1v) is 8.31. The average molecular weight is 331 g/mol. The van der Waals surface area contributed by atoms with Crippen LogP contribution >= 0.6 is 0 Å². The summed E-state index contributed by atoms with van der Waals surface area (Å²) in [6.45, 7) is 2.93. The summed E-state index contributed by atoms with van der Waals surface area (Å²) in [4.78, 5) is 2.31. The third-order valence-electron chi connectivity index (χ3n) is 4.72. The van der Waals surface area contributed by atoms with Crippen molar-refractivity contribution < 1.29 is 14.9 Å². The molecule has 1 aliphatic heterocycles. The number of ether oxygens (including phenoxy) is 1. The van der Waals surface area contributed by atoms with Crippen molar-refractivity contribution in [3.63, 3.8) is 0 Å². The molecule has 0 amide bonds. The predicted octanol–water partition coefficient (Wildman–Crippen LogP) is 1.26. The molecule has 0 saturated carbocycles. The molecule has 0 aliphatic carbocycles. The maximum atomic E-state index is 10.1. The number of piperidine rings is 1. The van der Waals surface area contributed by atoms with E-state index >= 15 is 0 Å². The minimum absolute atomic E-state index is 0.155. The zero-order valence-electron chi connectivity index (χ0n) is 14.1. The Morgan fingerprint density at radius 3 is 2.67 bits per heavy atom. The van der Waals surface area contributed by atoms with E-state index < -0.39 is 5.60 Å². The van der Waals surface area contributed by atoms with Crippen LogP contribution in [0.15, 0.2) is 36.7 Å². The van der Waals surface area contributed by atoms with Crippen LogP contribution in [0.25, 0.3) is 0 Å². The van der Waals surface area contributed by atoms with Crippen molar-refractivity contribution in [2.24, 2.45) is 0 Å². The van der Waals surface area contributed by atoms with Gasteiger partial charge >= 0.3 is 0 Å². The van der Waals surface area contributed by atoms with E-state index in [1.165, 1.54) is 5.56 Å². The molecular formula is C18H25N3O3. The van der Waals surface area contributed by atoms with Crippen molar-refractivity contribution in [3.05, 3.63) is 47.8 Å². The van der Waals surface area contributed by atoms with Crippen molar-refractivity contribution >= 4 is 0 Å². The molecule has 0 bridgehead atoms. The first-order valence-electron chi connectivity index (χ1n) is 8.31. The smallest absolute Gasteiger partial charge is 0.123 e. The molecule has 1 aromatic carbocycles. The number of benzene rings is 1. The second kappa shape index (κ2) is 7.34. The van der Waals surface area contributed by atoms with Gasteiger partial charge in [0.15, 0.2) is 0 Å². The molecule has 1 aliphatic rings. The number of likely N-dealkylation sites (tertiary alicyclic amines) is 1. The molecule has 0 radical (unpaired) electrons. The highest BCUT2D eigenvalue weighted by atomic mass is 16.5. The van der Waals surface area contributed by atoms with Gasteiger partial charge in [0.2, 0.25) is 0 Å². The Balaban J connectivity index is 1.68. The lowest BCUT2D eigenvalue weighted by molar-refractivity contribution is -0.0606. The normalized spacial score (nSPS) is 17.8. The summed E-state index contributed by atoms with van der Waals surface area (Å²) in [5, 5.41) is 23.6. The second-order valence-corrected chi connectivity index (χ2v) is 6.51. The molecular weight excluding hydrogens is 306 g/mol. The van der Waals surface area contributed by atoms with Gasteiger partial charge in [-0.05, 0) is 36.6 Å². The Bertz CT molecular complexity index is 650. The highest BCUT2D eigenvalue weighted by Gasteiger charge is 2.31. The molecule has 1 saturated heterocycles. The Kier molecular flexibility index (Phi) is 5.18. The standard InChI is InChI=1S/C18H25N3O3/c1-24-17-4-3-15(11-16(17)13-21-8-2-7-19-21)12-20-9-5-18(23,14-22)6-10-20/h2-4,7-8,11,22-23H,5-6,9-10,12-14H2,1H3. The molecule has 6 heteroatoms. The van der Waals surface area contributed by atoms with Crippen LogP contribution in [-0.4, -0.2) is 57.3 Å². The number of rotatable bonds is 6. The monoisotopic (exact) mass is 331 g/mol. The molecule has 1 aromatic heterocycles. The Morgan fingerprint density at radius 1 is 1.25 bits per heavy atom. The SMILES string of the molecule is COc1ccc(CN2CCC(O)(CO)CC2)cc1Cn1cccn1. The molecule has 1 fully saturated rings. The van der Waals surface area contributed by atoms with Crippen molar-refractivity contribution in [2.75, 3.05) is 26.8 Å². The summed E-state index contributed by atoms with van der Waals surface area (Å²) in [5.74, 6) is 0.863. The average Bonchev–Trinajstić information content (AvgIpc) is 3.10. The summed E-state index contributed by atoms with van der Waals surface area (Å²) < 4.78 is 7.34. The van der Waals surface area contributed by atoms with Gasteiger partial charge < -0.3 is 14.9 Å². The molecule has 2 N–H and O–H groups in total. The second-order valence-electron chi connectivity index (χ2n) is 6.51. The summed E-state index contributed by atoms with van der Waals surface area (Å²) in [7, 11) is 1.68. The van der Waals surface area contributed by atoms with Crippen molar-refractivity contribution in [1.82, 2.24) is 14.7 Å². The molecule has 2 heterocycles. The fourth-order valence-corrected chi connectivity index (χ4v) is 3.17. The lowest BCUT2D eigenvalue weighted by atomic mass is 9.92. The van der Waals surface area contributed by atoms with Crippen LogP contribution in [0.2, 0.25) is 0 Å². The first kappa shape index (κ1) is 17.0. The van der Waals surface area contributed by atoms with E-state index in [0.717, 1.165) is 30.9 Å². The Labute approximate surface area is 142 Å². The summed E-state index contributed by atoms with van der Waals surface area (Å²) in [6.07, 6.45) is 4.93. The van der Waals surface area contributed by atoms with Gasteiger partial charge in [-0.25, -0.2) is 0 Å². The molecule has 3 rings (SSSR count). The minimum atomic E-state index is -0.901. The fraction of sp³-hybridized carbons (Fsp3) is 0.500. The molecule has 0 spiro atoms. The number of aliphatic hydroxyl groups excluding tert-OH is 1. The van der Waals surface area contributed by atoms with Crippen LogP contribution in [-0.2, 0) is 13.1 Å². The van der Waals surface area contributed by atoms with Crippen molar-refractivity contribution in [3.8, 4) is 5.75 Å². The topological polar surface area (TPSA) is 70.8 Å². The van der Waals surface area contributed by atoms with Gasteiger partial charge in [0.1, 0.15) is 5.75 Å². The molecule has 6 nitrogen and oxygen atoms in total. The van der Waals surface area contributed by atoms with E-state index in [0.29, 0.717) is 19.4 Å². The number of aromatic nitrogens is 2. The number of methoxy groups -OCH3 is 1. The molecule has 0 unspecified atom stereocenters. The van der Waals surface area contributed by atoms with Crippen molar-refractivity contribution in [2.45, 2.75) is 31.5 Å². The molecule has 24 heavy (non-hydrogen) atoms. The third-order valence-corrected chi connectivity index (χ3v) is 4.72. The van der Waals surface area contributed by atoms with Crippen LogP contribution < -0.4 is 4.74 Å². The van der Waals surface area contributed by atoms with Crippen molar-refractivity contribution in [1.29, 1.82) is 0 Å². The largest absolute Gasteiger partial charge is 0.496 e. The lowest BCUT2D eigenvalue weighted by Gasteiger charge is -2.37. The van der Waals surface area contributed by atoms with E-state index in [4.69, 9.17) is 4.74 Å². The van der Waals surface area contributed by atoms with E-state index in [9.17, 15) is 10.2 Å². The van der Waals surface area contributed by atoms with Gasteiger partial charge in [0, 0.05) is 37.6 Å². The van der Waals surface area contributed by atoms with Gasteiger partial charge in [-0.3, -0.25) is 9.58 Å². The van der Waals surface area contributed by atoms with Crippen LogP contribution in [0.5, 0.6) is 5.75 Å². The fourth-order valence-electron chi connectivity index (χ4n) is 3.17. The quantitative estimate of drug-likeness (QED) is 0.834. The predicted molar refractivity (Wildman–Crippen MR) is 90.9 cm³/mol. The minimum Gasteiger partial charge on any atom is -0.496 e. The summed E-state index contributed by atoms with van der Waals surface area (Å²) in [5.41, 5.74) is 1.41. The van der Waals surface area contributed by atoms with Crippen LogP contribution in [0, 0.1) is 0 Å². The maximum absolute atomic E-state index is 10.1.